The van der Waals surface area contributed by atoms with E-state index < -0.39 is 11.9 Å². The minimum Gasteiger partial charge on any atom is -0.481 e. The van der Waals surface area contributed by atoms with E-state index in [0.29, 0.717) is 12.5 Å². The fourth-order valence-corrected chi connectivity index (χ4v) is 3.16. The zero-order chi connectivity index (χ0) is 12.4. The molecule has 96 valence electrons. The maximum Gasteiger partial charge on any atom is 0.308 e. The van der Waals surface area contributed by atoms with E-state index in [4.69, 9.17) is 5.11 Å². The van der Waals surface area contributed by atoms with Crippen molar-refractivity contribution in [2.24, 2.45) is 11.8 Å². The van der Waals surface area contributed by atoms with Crippen LogP contribution in [0.3, 0.4) is 0 Å². The number of carboxylic acids is 1. The van der Waals surface area contributed by atoms with Crippen molar-refractivity contribution in [1.29, 1.82) is 0 Å². The van der Waals surface area contributed by atoms with Crippen LogP contribution in [0, 0.1) is 11.8 Å². The number of hydrogen-bond acceptors (Lipinski definition) is 2. The average Bonchev–Trinajstić information content (AvgIpc) is 2.72. The summed E-state index contributed by atoms with van der Waals surface area (Å²) in [6.07, 6.45) is 6.35. The van der Waals surface area contributed by atoms with Crippen molar-refractivity contribution in [3.63, 3.8) is 0 Å². The number of rotatable bonds is 3. The molecule has 1 saturated heterocycles. The maximum absolute atomic E-state index is 11.8. The van der Waals surface area contributed by atoms with Gasteiger partial charge in [-0.3, -0.25) is 9.59 Å². The van der Waals surface area contributed by atoms with Gasteiger partial charge in [-0.1, -0.05) is 19.3 Å². The molecule has 17 heavy (non-hydrogen) atoms. The molecule has 0 aromatic rings. The molecule has 0 radical (unpaired) electrons. The van der Waals surface area contributed by atoms with Gasteiger partial charge in [0.2, 0.25) is 5.91 Å². The first-order valence-electron chi connectivity index (χ1n) is 6.62. The zero-order valence-electron chi connectivity index (χ0n) is 10.4. The van der Waals surface area contributed by atoms with Crippen LogP contribution >= 0.6 is 0 Å². The maximum atomic E-state index is 11.8. The van der Waals surface area contributed by atoms with Crippen molar-refractivity contribution in [3.05, 3.63) is 0 Å². The number of nitrogens with zero attached hydrogens (tertiary/aromatic N) is 1. The van der Waals surface area contributed by atoms with E-state index in [9.17, 15) is 9.59 Å². The molecule has 1 unspecified atom stereocenters. The van der Waals surface area contributed by atoms with Crippen molar-refractivity contribution < 1.29 is 14.7 Å². The third-order valence-corrected chi connectivity index (χ3v) is 4.33. The van der Waals surface area contributed by atoms with Crippen LogP contribution in [0.4, 0.5) is 0 Å². The van der Waals surface area contributed by atoms with Gasteiger partial charge in [0.1, 0.15) is 0 Å². The largest absolute Gasteiger partial charge is 0.481 e. The lowest BCUT2D eigenvalue weighted by Crippen LogP contribution is -2.40. The Bertz CT molecular complexity index is 310. The molecule has 1 amide bonds. The van der Waals surface area contributed by atoms with Crippen molar-refractivity contribution in [3.8, 4) is 0 Å². The molecule has 4 heteroatoms. The lowest BCUT2D eigenvalue weighted by molar-refractivity contribution is -0.141. The first-order chi connectivity index (χ1) is 8.09. The van der Waals surface area contributed by atoms with E-state index in [2.05, 4.69) is 6.92 Å². The van der Waals surface area contributed by atoms with E-state index in [1.807, 2.05) is 0 Å². The van der Waals surface area contributed by atoms with Crippen LogP contribution in [0.25, 0.3) is 0 Å². The first-order valence-corrected chi connectivity index (χ1v) is 6.62. The van der Waals surface area contributed by atoms with Crippen molar-refractivity contribution >= 4 is 11.9 Å². The minimum atomic E-state index is -0.836. The molecule has 1 aliphatic carbocycles. The Kier molecular flexibility index (Phi) is 3.69. The number of amides is 1. The second-order valence-electron chi connectivity index (χ2n) is 5.42. The molecule has 2 fully saturated rings. The van der Waals surface area contributed by atoms with Crippen molar-refractivity contribution in [1.82, 2.24) is 4.90 Å². The van der Waals surface area contributed by atoms with Crippen LogP contribution in [0.15, 0.2) is 0 Å². The third kappa shape index (κ3) is 2.61. The number of carbonyl (C=O) groups is 2. The second kappa shape index (κ2) is 5.07. The second-order valence-corrected chi connectivity index (χ2v) is 5.42. The van der Waals surface area contributed by atoms with E-state index in [1.54, 1.807) is 4.90 Å². The fraction of sp³-hybridized carbons (Fsp3) is 0.846. The molecule has 2 aliphatic rings. The minimum absolute atomic E-state index is 0.0236. The molecule has 0 aromatic carbocycles. The van der Waals surface area contributed by atoms with Crippen molar-refractivity contribution in [2.45, 2.75) is 51.5 Å². The standard InChI is InChI=1S/C13H21NO3/c1-9(10-5-3-2-4-6-10)14-8-11(13(16)17)7-12(14)15/h9-11H,2-8H2,1H3,(H,16,17)/t9-,11?/m0/s1. The highest BCUT2D eigenvalue weighted by Crippen LogP contribution is 2.31. The molecule has 4 nitrogen and oxygen atoms in total. The predicted molar refractivity (Wildman–Crippen MR) is 63.5 cm³/mol. The molecule has 0 bridgehead atoms. The van der Waals surface area contributed by atoms with Gasteiger partial charge in [0.15, 0.2) is 0 Å². The van der Waals surface area contributed by atoms with Crippen molar-refractivity contribution in [2.75, 3.05) is 6.54 Å². The Labute approximate surface area is 102 Å². The highest BCUT2D eigenvalue weighted by atomic mass is 16.4. The number of likely N-dealkylation sites (tertiary alicyclic amines) is 1. The van der Waals surface area contributed by atoms with E-state index in [-0.39, 0.29) is 18.4 Å². The van der Waals surface area contributed by atoms with Crippen LogP contribution < -0.4 is 0 Å². The van der Waals surface area contributed by atoms with Gasteiger partial charge < -0.3 is 10.0 Å². The Morgan fingerprint density at radius 2 is 2.00 bits per heavy atom. The monoisotopic (exact) mass is 239 g/mol. The van der Waals surface area contributed by atoms with Gasteiger partial charge in [0.25, 0.3) is 0 Å². The van der Waals surface area contributed by atoms with Gasteiger partial charge in [0.05, 0.1) is 5.92 Å². The van der Waals surface area contributed by atoms with Gasteiger partial charge in [-0.2, -0.15) is 0 Å². The normalized spacial score (nSPS) is 28.4. The summed E-state index contributed by atoms with van der Waals surface area (Å²) in [5, 5.41) is 8.96. The summed E-state index contributed by atoms with van der Waals surface area (Å²) < 4.78 is 0. The highest BCUT2D eigenvalue weighted by Gasteiger charge is 2.38. The molecule has 2 rings (SSSR count). The summed E-state index contributed by atoms with van der Waals surface area (Å²) in [5.74, 6) is -0.735. The molecule has 1 N–H and O–H groups in total. The highest BCUT2D eigenvalue weighted by molar-refractivity contribution is 5.86. The number of hydrogen-bond donors (Lipinski definition) is 1. The Morgan fingerprint density at radius 3 is 2.53 bits per heavy atom. The SMILES string of the molecule is C[C@@H](C1CCCCC1)N1CC(C(=O)O)CC1=O. The zero-order valence-corrected chi connectivity index (χ0v) is 10.4. The molecule has 1 aliphatic heterocycles. The van der Waals surface area contributed by atoms with Crippen LogP contribution in [0.2, 0.25) is 0 Å². The number of aliphatic carboxylic acids is 1. The van der Waals surface area contributed by atoms with Crippen LogP contribution in [0.5, 0.6) is 0 Å². The Balaban J connectivity index is 1.97. The smallest absolute Gasteiger partial charge is 0.308 e. The van der Waals surface area contributed by atoms with Gasteiger partial charge in [-0.05, 0) is 25.7 Å². The lowest BCUT2D eigenvalue weighted by atomic mass is 9.84. The predicted octanol–water partition coefficient (Wildman–Crippen LogP) is 1.89. The summed E-state index contributed by atoms with van der Waals surface area (Å²) in [7, 11) is 0. The van der Waals surface area contributed by atoms with Crippen LogP contribution in [-0.2, 0) is 9.59 Å². The molecular formula is C13H21NO3. The van der Waals surface area contributed by atoms with Crippen LogP contribution in [-0.4, -0.2) is 34.5 Å². The summed E-state index contributed by atoms with van der Waals surface area (Å²) in [5.41, 5.74) is 0. The van der Waals surface area contributed by atoms with E-state index in [1.165, 1.54) is 32.1 Å². The lowest BCUT2D eigenvalue weighted by Gasteiger charge is -2.34. The average molecular weight is 239 g/mol. The number of carboxylic acid groups (broad SMARTS) is 1. The molecule has 0 aromatic heterocycles. The molecule has 0 spiro atoms. The topological polar surface area (TPSA) is 57.6 Å². The summed E-state index contributed by atoms with van der Waals surface area (Å²) in [6.45, 7) is 2.49. The Morgan fingerprint density at radius 1 is 1.35 bits per heavy atom. The van der Waals surface area contributed by atoms with Crippen LogP contribution in [0.1, 0.15) is 45.4 Å². The number of carbonyl (C=O) groups excluding carboxylic acids is 1. The summed E-state index contributed by atoms with van der Waals surface area (Å²) in [6, 6.07) is 0.215. The Hall–Kier alpha value is -1.06. The quantitative estimate of drug-likeness (QED) is 0.818. The van der Waals surface area contributed by atoms with Gasteiger partial charge in [-0.15, -0.1) is 0 Å². The van der Waals surface area contributed by atoms with Gasteiger partial charge in [-0.25, -0.2) is 0 Å². The summed E-state index contributed by atoms with van der Waals surface area (Å²) >= 11 is 0. The first kappa shape index (κ1) is 12.4. The van der Waals surface area contributed by atoms with Gasteiger partial charge in [0, 0.05) is 19.0 Å². The summed E-state index contributed by atoms with van der Waals surface area (Å²) in [4.78, 5) is 24.5. The molecular weight excluding hydrogens is 218 g/mol. The van der Waals surface area contributed by atoms with E-state index >= 15 is 0 Å². The van der Waals surface area contributed by atoms with E-state index in [0.717, 1.165) is 0 Å². The molecule has 2 atom stereocenters. The van der Waals surface area contributed by atoms with Gasteiger partial charge >= 0.3 is 5.97 Å². The third-order valence-electron chi connectivity index (χ3n) is 4.33. The molecule has 1 saturated carbocycles. The molecule has 1 heterocycles. The fourth-order valence-electron chi connectivity index (χ4n) is 3.16.